The van der Waals surface area contributed by atoms with Gasteiger partial charge in [-0.25, -0.2) is 0 Å². The van der Waals surface area contributed by atoms with Gasteiger partial charge in [0.25, 0.3) is 0 Å². The summed E-state index contributed by atoms with van der Waals surface area (Å²) in [6, 6.07) is 12.5. The zero-order chi connectivity index (χ0) is 13.8. The van der Waals surface area contributed by atoms with Crippen molar-refractivity contribution < 1.29 is 9.90 Å². The van der Waals surface area contributed by atoms with Gasteiger partial charge in [-0.15, -0.1) is 0 Å². The lowest BCUT2D eigenvalue weighted by atomic mass is 10.1. The van der Waals surface area contributed by atoms with Gasteiger partial charge in [0.05, 0.1) is 0 Å². The smallest absolute Gasteiger partial charge is 0.303 e. The lowest BCUT2D eigenvalue weighted by Gasteiger charge is -2.14. The summed E-state index contributed by atoms with van der Waals surface area (Å²) >= 11 is 3.45. The molecule has 19 heavy (non-hydrogen) atoms. The Labute approximate surface area is 120 Å². The minimum Gasteiger partial charge on any atom is -0.481 e. The minimum absolute atomic E-state index is 0.143. The van der Waals surface area contributed by atoms with E-state index in [1.54, 1.807) is 0 Å². The van der Waals surface area contributed by atoms with Gasteiger partial charge in [-0.3, -0.25) is 4.79 Å². The van der Waals surface area contributed by atoms with Gasteiger partial charge in [0.15, 0.2) is 0 Å². The quantitative estimate of drug-likeness (QED) is 0.864. The fraction of sp³-hybridized carbons (Fsp3) is 0.267. The zero-order valence-electron chi connectivity index (χ0n) is 10.7. The van der Waals surface area contributed by atoms with Crippen LogP contribution in [0.2, 0.25) is 0 Å². The number of fused-ring (bicyclic) bond motifs is 1. The third kappa shape index (κ3) is 3.96. The van der Waals surface area contributed by atoms with Crippen molar-refractivity contribution in [1.82, 2.24) is 0 Å². The Morgan fingerprint density at radius 2 is 1.95 bits per heavy atom. The van der Waals surface area contributed by atoms with Crippen LogP contribution in [0.4, 0.5) is 5.69 Å². The summed E-state index contributed by atoms with van der Waals surface area (Å²) in [6.45, 7) is 1.99. The molecule has 0 saturated heterocycles. The topological polar surface area (TPSA) is 49.3 Å². The minimum atomic E-state index is -0.753. The third-order valence-corrected chi connectivity index (χ3v) is 3.50. The highest BCUT2D eigenvalue weighted by molar-refractivity contribution is 9.10. The molecule has 2 aromatic rings. The van der Waals surface area contributed by atoms with E-state index in [0.29, 0.717) is 6.42 Å². The van der Waals surface area contributed by atoms with Crippen molar-refractivity contribution in [3.63, 3.8) is 0 Å². The van der Waals surface area contributed by atoms with Crippen molar-refractivity contribution in [2.45, 2.75) is 25.8 Å². The molecular weight excluding hydrogens is 306 g/mol. The lowest BCUT2D eigenvalue weighted by molar-refractivity contribution is -0.137. The highest BCUT2D eigenvalue weighted by Gasteiger charge is 2.05. The van der Waals surface area contributed by atoms with E-state index in [2.05, 4.69) is 45.5 Å². The van der Waals surface area contributed by atoms with Gasteiger partial charge >= 0.3 is 5.97 Å². The first-order valence-corrected chi connectivity index (χ1v) is 7.01. The SMILES string of the molecule is CC(CCC(=O)O)Nc1ccc2cc(Br)ccc2c1. The number of carbonyl (C=O) groups is 1. The summed E-state index contributed by atoms with van der Waals surface area (Å²) < 4.78 is 1.07. The number of hydrogen-bond acceptors (Lipinski definition) is 2. The van der Waals surface area contributed by atoms with E-state index in [1.165, 1.54) is 10.8 Å². The summed E-state index contributed by atoms with van der Waals surface area (Å²) in [7, 11) is 0. The highest BCUT2D eigenvalue weighted by atomic mass is 79.9. The van der Waals surface area contributed by atoms with Crippen LogP contribution < -0.4 is 5.32 Å². The number of carboxylic acid groups (broad SMARTS) is 1. The number of hydrogen-bond donors (Lipinski definition) is 2. The molecule has 0 bridgehead atoms. The van der Waals surface area contributed by atoms with E-state index in [0.717, 1.165) is 10.2 Å². The van der Waals surface area contributed by atoms with Crippen LogP contribution in [-0.4, -0.2) is 17.1 Å². The standard InChI is InChI=1S/C15H16BrNO2/c1-10(2-7-15(18)19)17-14-6-4-11-8-13(16)5-3-12(11)9-14/h3-6,8-10,17H,2,7H2,1H3,(H,18,19). The predicted octanol–water partition coefficient (Wildman–Crippen LogP) is 4.27. The molecule has 2 rings (SSSR count). The van der Waals surface area contributed by atoms with Gasteiger partial charge in [-0.1, -0.05) is 28.1 Å². The molecule has 4 heteroatoms. The molecule has 0 saturated carbocycles. The molecule has 0 fully saturated rings. The summed E-state index contributed by atoms with van der Waals surface area (Å²) in [4.78, 5) is 10.5. The maximum Gasteiger partial charge on any atom is 0.303 e. The largest absolute Gasteiger partial charge is 0.481 e. The molecule has 0 aliphatic heterocycles. The number of aliphatic carboxylic acids is 1. The average Bonchev–Trinajstić information content (AvgIpc) is 2.36. The first kappa shape index (κ1) is 13.9. The normalized spacial score (nSPS) is 12.3. The summed E-state index contributed by atoms with van der Waals surface area (Å²) in [5, 5.41) is 14.3. The van der Waals surface area contributed by atoms with E-state index in [1.807, 2.05) is 19.1 Å². The van der Waals surface area contributed by atoms with Crippen LogP contribution >= 0.6 is 15.9 Å². The Bertz CT molecular complexity index is 598. The van der Waals surface area contributed by atoms with Crippen LogP contribution in [0.5, 0.6) is 0 Å². The predicted molar refractivity (Wildman–Crippen MR) is 81.6 cm³/mol. The maximum absolute atomic E-state index is 10.5. The van der Waals surface area contributed by atoms with Gasteiger partial charge < -0.3 is 10.4 Å². The molecule has 0 amide bonds. The van der Waals surface area contributed by atoms with E-state index in [4.69, 9.17) is 5.11 Å². The van der Waals surface area contributed by atoms with Gasteiger partial charge in [0, 0.05) is 22.6 Å². The van der Waals surface area contributed by atoms with Gasteiger partial charge in [0.2, 0.25) is 0 Å². The number of halogens is 1. The van der Waals surface area contributed by atoms with Crippen LogP contribution in [0, 0.1) is 0 Å². The molecule has 1 unspecified atom stereocenters. The van der Waals surface area contributed by atoms with Crippen molar-refractivity contribution in [3.05, 3.63) is 40.9 Å². The second-order valence-electron chi connectivity index (χ2n) is 4.68. The van der Waals surface area contributed by atoms with E-state index in [-0.39, 0.29) is 12.5 Å². The second kappa shape index (κ2) is 6.06. The zero-order valence-corrected chi connectivity index (χ0v) is 12.3. The van der Waals surface area contributed by atoms with E-state index in [9.17, 15) is 4.79 Å². The molecule has 2 N–H and O–H groups in total. The molecule has 100 valence electrons. The number of anilines is 1. The maximum atomic E-state index is 10.5. The van der Waals surface area contributed by atoms with E-state index < -0.39 is 5.97 Å². The van der Waals surface area contributed by atoms with Gasteiger partial charge in [-0.2, -0.15) is 0 Å². The fourth-order valence-corrected chi connectivity index (χ4v) is 2.38. The Morgan fingerprint density at radius 1 is 1.26 bits per heavy atom. The van der Waals surface area contributed by atoms with Crippen molar-refractivity contribution in [2.75, 3.05) is 5.32 Å². The molecule has 3 nitrogen and oxygen atoms in total. The summed E-state index contributed by atoms with van der Waals surface area (Å²) in [6.07, 6.45) is 0.808. The van der Waals surface area contributed by atoms with Gasteiger partial charge in [-0.05, 0) is 48.4 Å². The van der Waals surface area contributed by atoms with Crippen molar-refractivity contribution >= 4 is 38.4 Å². The van der Waals surface area contributed by atoms with Crippen LogP contribution in [0.1, 0.15) is 19.8 Å². The summed E-state index contributed by atoms with van der Waals surface area (Å²) in [5.74, 6) is -0.753. The first-order chi connectivity index (χ1) is 9.04. The number of benzene rings is 2. The monoisotopic (exact) mass is 321 g/mol. The van der Waals surface area contributed by atoms with Gasteiger partial charge in [0.1, 0.15) is 0 Å². The molecule has 0 aliphatic carbocycles. The number of carboxylic acids is 1. The third-order valence-electron chi connectivity index (χ3n) is 3.01. The Hall–Kier alpha value is -1.55. The van der Waals surface area contributed by atoms with Crippen LogP contribution in [0.3, 0.4) is 0 Å². The lowest BCUT2D eigenvalue weighted by Crippen LogP contribution is -2.16. The molecule has 0 spiro atoms. The molecular formula is C15H16BrNO2. The van der Waals surface area contributed by atoms with Crippen LogP contribution in [0.25, 0.3) is 10.8 Å². The van der Waals surface area contributed by atoms with Crippen molar-refractivity contribution in [1.29, 1.82) is 0 Å². The molecule has 2 aromatic carbocycles. The highest BCUT2D eigenvalue weighted by Crippen LogP contribution is 2.23. The Kier molecular flexibility index (Phi) is 4.43. The number of nitrogens with one attached hydrogen (secondary N) is 1. The molecule has 0 heterocycles. The molecule has 0 aromatic heterocycles. The molecule has 0 aliphatic rings. The second-order valence-corrected chi connectivity index (χ2v) is 5.60. The Balaban J connectivity index is 2.08. The first-order valence-electron chi connectivity index (χ1n) is 6.22. The van der Waals surface area contributed by atoms with Crippen molar-refractivity contribution in [2.24, 2.45) is 0 Å². The Morgan fingerprint density at radius 3 is 2.68 bits per heavy atom. The van der Waals surface area contributed by atoms with Crippen LogP contribution in [-0.2, 0) is 4.79 Å². The summed E-state index contributed by atoms with van der Waals surface area (Å²) in [5.41, 5.74) is 1.02. The van der Waals surface area contributed by atoms with E-state index >= 15 is 0 Å². The fourth-order valence-electron chi connectivity index (χ4n) is 2.00. The average molecular weight is 322 g/mol. The molecule has 0 radical (unpaired) electrons. The van der Waals surface area contributed by atoms with Crippen LogP contribution in [0.15, 0.2) is 40.9 Å². The number of rotatable bonds is 5. The molecule has 1 atom stereocenters. The van der Waals surface area contributed by atoms with Crippen molar-refractivity contribution in [3.8, 4) is 0 Å².